The lowest BCUT2D eigenvalue weighted by Gasteiger charge is -2.09. The molecule has 1 heterocycles. The first-order valence-corrected chi connectivity index (χ1v) is 4.30. The molecule has 1 rings (SSSR count). The van der Waals surface area contributed by atoms with Crippen LogP contribution in [-0.2, 0) is 11.2 Å². The molecular formula is C8H10F3N3O. The van der Waals surface area contributed by atoms with Gasteiger partial charge in [-0.05, 0) is 13.8 Å². The van der Waals surface area contributed by atoms with Crippen molar-refractivity contribution in [2.75, 3.05) is 0 Å². The van der Waals surface area contributed by atoms with Crippen molar-refractivity contribution in [3.8, 4) is 0 Å². The first-order valence-electron chi connectivity index (χ1n) is 4.30. The summed E-state index contributed by atoms with van der Waals surface area (Å²) in [5, 5.41) is 3.74. The molecule has 4 nitrogen and oxygen atoms in total. The second-order valence-corrected chi connectivity index (χ2v) is 3.31. The number of hydrogen-bond acceptors (Lipinski definition) is 3. The zero-order valence-electron chi connectivity index (χ0n) is 8.25. The maximum Gasteiger partial charge on any atom is 0.450 e. The maximum atomic E-state index is 12.0. The van der Waals surface area contributed by atoms with Crippen LogP contribution in [0.15, 0.2) is 6.33 Å². The number of hydrogen-bond donors (Lipinski definition) is 0. The van der Waals surface area contributed by atoms with Crippen molar-refractivity contribution in [2.24, 2.45) is 0 Å². The average molecular weight is 221 g/mol. The van der Waals surface area contributed by atoms with Gasteiger partial charge in [0.2, 0.25) is 5.78 Å². The molecule has 1 aromatic heterocycles. The number of aromatic nitrogens is 3. The molecule has 7 heteroatoms. The fraction of sp³-hybridized carbons (Fsp3) is 0.625. The summed E-state index contributed by atoms with van der Waals surface area (Å²) in [5.74, 6) is -1.77. The first-order chi connectivity index (χ1) is 6.82. The number of ketones is 1. The molecule has 1 aromatic rings. The molecule has 0 N–H and O–H groups in total. The van der Waals surface area contributed by atoms with Gasteiger partial charge in [0.25, 0.3) is 0 Å². The zero-order valence-corrected chi connectivity index (χ0v) is 8.25. The van der Waals surface area contributed by atoms with Gasteiger partial charge in [-0.2, -0.15) is 18.3 Å². The van der Waals surface area contributed by atoms with Crippen molar-refractivity contribution in [2.45, 2.75) is 32.5 Å². The monoisotopic (exact) mass is 221 g/mol. The lowest BCUT2D eigenvalue weighted by atomic mass is 10.2. The Hall–Kier alpha value is -1.40. The molecule has 0 amide bonds. The van der Waals surface area contributed by atoms with Crippen LogP contribution in [0.3, 0.4) is 0 Å². The smallest absolute Gasteiger partial charge is 0.289 e. The highest BCUT2D eigenvalue weighted by Gasteiger charge is 2.38. The SMILES string of the molecule is CC(C)n1ncnc1CC(=O)C(F)(F)F. The summed E-state index contributed by atoms with van der Waals surface area (Å²) in [5.41, 5.74) is 0. The minimum atomic E-state index is -4.81. The maximum absolute atomic E-state index is 12.0. The van der Waals surface area contributed by atoms with Crippen molar-refractivity contribution in [1.29, 1.82) is 0 Å². The quantitative estimate of drug-likeness (QED) is 0.777. The molecule has 0 spiro atoms. The molecule has 0 aliphatic heterocycles. The lowest BCUT2D eigenvalue weighted by molar-refractivity contribution is -0.170. The van der Waals surface area contributed by atoms with E-state index in [4.69, 9.17) is 0 Å². The van der Waals surface area contributed by atoms with Crippen LogP contribution in [0.4, 0.5) is 13.2 Å². The molecule has 0 saturated heterocycles. The van der Waals surface area contributed by atoms with Gasteiger partial charge in [-0.25, -0.2) is 9.67 Å². The van der Waals surface area contributed by atoms with E-state index in [0.29, 0.717) is 0 Å². The van der Waals surface area contributed by atoms with Crippen molar-refractivity contribution >= 4 is 5.78 Å². The van der Waals surface area contributed by atoms with Crippen LogP contribution in [0.25, 0.3) is 0 Å². The third-order valence-electron chi connectivity index (χ3n) is 1.77. The van der Waals surface area contributed by atoms with E-state index in [1.807, 2.05) is 0 Å². The Labute approximate surface area is 84.1 Å². The minimum absolute atomic E-state index is 0.0346. The number of halogens is 3. The molecule has 0 bridgehead atoms. The van der Waals surface area contributed by atoms with Gasteiger partial charge >= 0.3 is 6.18 Å². The van der Waals surface area contributed by atoms with Crippen LogP contribution in [0.5, 0.6) is 0 Å². The summed E-state index contributed by atoms with van der Waals surface area (Å²) in [6.45, 7) is 3.49. The Morgan fingerprint density at radius 2 is 2.13 bits per heavy atom. The van der Waals surface area contributed by atoms with E-state index >= 15 is 0 Å². The van der Waals surface area contributed by atoms with Crippen LogP contribution in [0, 0.1) is 0 Å². The van der Waals surface area contributed by atoms with Gasteiger partial charge in [0.1, 0.15) is 12.2 Å². The van der Waals surface area contributed by atoms with Gasteiger partial charge in [0, 0.05) is 6.04 Å². The molecule has 0 unspecified atom stereocenters. The van der Waals surface area contributed by atoms with Crippen molar-refractivity contribution in [1.82, 2.24) is 14.8 Å². The third-order valence-corrected chi connectivity index (χ3v) is 1.77. The van der Waals surface area contributed by atoms with E-state index in [1.54, 1.807) is 13.8 Å². The summed E-state index contributed by atoms with van der Waals surface area (Å²) in [6.07, 6.45) is -4.44. The van der Waals surface area contributed by atoms with Crippen LogP contribution in [-0.4, -0.2) is 26.7 Å². The van der Waals surface area contributed by atoms with Crippen LogP contribution in [0.2, 0.25) is 0 Å². The third kappa shape index (κ3) is 2.77. The van der Waals surface area contributed by atoms with Crippen molar-refractivity contribution in [3.63, 3.8) is 0 Å². The molecule has 0 atom stereocenters. The Balaban J connectivity index is 2.82. The normalized spacial score (nSPS) is 12.1. The van der Waals surface area contributed by atoms with Gasteiger partial charge in [0.05, 0.1) is 6.42 Å². The lowest BCUT2D eigenvalue weighted by Crippen LogP contribution is -2.26. The Bertz CT molecular complexity index is 356. The second kappa shape index (κ2) is 4.00. The number of carbonyl (C=O) groups excluding carboxylic acids is 1. The fourth-order valence-electron chi connectivity index (χ4n) is 1.08. The minimum Gasteiger partial charge on any atom is -0.289 e. The number of nitrogens with zero attached hydrogens (tertiary/aromatic N) is 3. The van der Waals surface area contributed by atoms with Gasteiger partial charge in [-0.3, -0.25) is 4.79 Å². The highest BCUT2D eigenvalue weighted by molar-refractivity contribution is 5.85. The molecule has 0 radical (unpaired) electrons. The number of alkyl halides is 3. The zero-order chi connectivity index (χ0) is 11.6. The van der Waals surface area contributed by atoms with Gasteiger partial charge in [-0.1, -0.05) is 0 Å². The summed E-state index contributed by atoms with van der Waals surface area (Å²) in [6, 6.07) is -0.122. The van der Waals surface area contributed by atoms with Gasteiger partial charge < -0.3 is 0 Å². The van der Waals surface area contributed by atoms with Crippen LogP contribution in [0.1, 0.15) is 25.7 Å². The topological polar surface area (TPSA) is 47.8 Å². The van der Waals surface area contributed by atoms with Crippen molar-refractivity contribution < 1.29 is 18.0 Å². The first kappa shape index (κ1) is 11.7. The van der Waals surface area contributed by atoms with E-state index < -0.39 is 18.4 Å². The molecule has 84 valence electrons. The summed E-state index contributed by atoms with van der Waals surface area (Å²) in [7, 11) is 0. The van der Waals surface area contributed by atoms with Gasteiger partial charge in [0.15, 0.2) is 0 Å². The number of Topliss-reactive ketones (excluding diaryl/α,β-unsaturated/α-hetero) is 1. The number of carbonyl (C=O) groups is 1. The molecule has 0 fully saturated rings. The van der Waals surface area contributed by atoms with Crippen LogP contribution >= 0.6 is 0 Å². The highest BCUT2D eigenvalue weighted by Crippen LogP contribution is 2.18. The van der Waals surface area contributed by atoms with E-state index in [2.05, 4.69) is 10.1 Å². The van der Waals surface area contributed by atoms with Crippen molar-refractivity contribution in [3.05, 3.63) is 12.2 Å². The summed E-state index contributed by atoms with van der Waals surface area (Å²) in [4.78, 5) is 14.3. The molecule has 0 aliphatic rings. The summed E-state index contributed by atoms with van der Waals surface area (Å²) >= 11 is 0. The molecule has 0 aromatic carbocycles. The van der Waals surface area contributed by atoms with Gasteiger partial charge in [-0.15, -0.1) is 0 Å². The highest BCUT2D eigenvalue weighted by atomic mass is 19.4. The predicted molar refractivity (Wildman–Crippen MR) is 45.2 cm³/mol. The van der Waals surface area contributed by atoms with E-state index in [9.17, 15) is 18.0 Å². The molecule has 0 saturated carbocycles. The Morgan fingerprint density at radius 1 is 1.53 bits per heavy atom. The standard InChI is InChI=1S/C8H10F3N3O/c1-5(2)14-7(12-4-13-14)3-6(15)8(9,10)11/h4-5H,3H2,1-2H3. The van der Waals surface area contributed by atoms with E-state index in [0.717, 1.165) is 6.33 Å². The molecule has 15 heavy (non-hydrogen) atoms. The molecular weight excluding hydrogens is 211 g/mol. The average Bonchev–Trinajstić information content (AvgIpc) is 2.50. The largest absolute Gasteiger partial charge is 0.450 e. The van der Waals surface area contributed by atoms with Crippen LogP contribution < -0.4 is 0 Å². The number of rotatable bonds is 3. The molecule has 0 aliphatic carbocycles. The van der Waals surface area contributed by atoms with E-state index in [1.165, 1.54) is 4.68 Å². The second-order valence-electron chi connectivity index (χ2n) is 3.31. The predicted octanol–water partition coefficient (Wildman–Crippen LogP) is 1.53. The summed E-state index contributed by atoms with van der Waals surface area (Å²) < 4.78 is 37.2. The van der Waals surface area contributed by atoms with E-state index in [-0.39, 0.29) is 11.9 Å². The fourth-order valence-corrected chi connectivity index (χ4v) is 1.08. The Kier molecular flexibility index (Phi) is 3.11. The Morgan fingerprint density at radius 3 is 2.60 bits per heavy atom.